The molecule has 4 aromatic rings. The van der Waals surface area contributed by atoms with Crippen molar-refractivity contribution in [2.24, 2.45) is 0 Å². The van der Waals surface area contributed by atoms with Crippen LogP contribution < -0.4 is 9.64 Å². The minimum absolute atomic E-state index is 0.0162. The first-order valence-electron chi connectivity index (χ1n) is 11.4. The van der Waals surface area contributed by atoms with Gasteiger partial charge in [0.1, 0.15) is 5.75 Å². The predicted molar refractivity (Wildman–Crippen MR) is 150 cm³/mol. The number of Topliss-reactive ketones (excluding diaryl/α,β-unsaturated/α-hetero) is 1. The van der Waals surface area contributed by atoms with Crippen molar-refractivity contribution >= 4 is 62.9 Å². The third kappa shape index (κ3) is 5.06. The highest BCUT2D eigenvalue weighted by Gasteiger charge is 2.46. The van der Waals surface area contributed by atoms with Gasteiger partial charge in [-0.15, -0.1) is 21.5 Å². The summed E-state index contributed by atoms with van der Waals surface area (Å²) < 4.78 is 5.92. The van der Waals surface area contributed by atoms with Gasteiger partial charge in [-0.1, -0.05) is 59.0 Å². The fourth-order valence-electron chi connectivity index (χ4n) is 4.08. The van der Waals surface area contributed by atoms with E-state index in [1.54, 1.807) is 45.2 Å². The summed E-state index contributed by atoms with van der Waals surface area (Å²) >= 11 is 9.89. The van der Waals surface area contributed by atoms with Crippen LogP contribution in [0.4, 0.5) is 5.13 Å². The van der Waals surface area contributed by atoms with Crippen LogP contribution in [-0.2, 0) is 10.5 Å². The summed E-state index contributed by atoms with van der Waals surface area (Å²) in [6.45, 7) is 3.54. The monoisotopic (exact) mass is 584 g/mol. The molecule has 1 N–H and O–H groups in total. The van der Waals surface area contributed by atoms with E-state index in [0.29, 0.717) is 37.0 Å². The number of thiazole rings is 1. The molecule has 12 heteroatoms. The maximum Gasteiger partial charge on any atom is 0.296 e. The Kier molecular flexibility index (Phi) is 7.53. The van der Waals surface area contributed by atoms with E-state index in [1.807, 2.05) is 24.3 Å². The fraction of sp³-hybridized carbons (Fsp3) is 0.192. The lowest BCUT2D eigenvalue weighted by Gasteiger charge is -2.24. The molecule has 5 rings (SSSR count). The molecule has 0 spiro atoms. The number of aliphatic hydroxyl groups excluding tert-OH is 1. The van der Waals surface area contributed by atoms with E-state index >= 15 is 0 Å². The van der Waals surface area contributed by atoms with E-state index in [1.165, 1.54) is 39.3 Å². The average molecular weight is 585 g/mol. The molecule has 38 heavy (non-hydrogen) atoms. The Balaban J connectivity index is 1.50. The van der Waals surface area contributed by atoms with Crippen LogP contribution in [-0.4, -0.2) is 39.1 Å². The summed E-state index contributed by atoms with van der Waals surface area (Å²) in [6.07, 6.45) is 0. The van der Waals surface area contributed by atoms with Crippen LogP contribution in [0, 0.1) is 13.8 Å². The topological polar surface area (TPSA) is 106 Å². The van der Waals surface area contributed by atoms with Crippen molar-refractivity contribution in [3.8, 4) is 5.75 Å². The highest BCUT2D eigenvalue weighted by molar-refractivity contribution is 8.00. The average Bonchev–Trinajstić information content (AvgIpc) is 3.59. The molecule has 2 aromatic heterocycles. The molecule has 1 unspecified atom stereocenters. The van der Waals surface area contributed by atoms with Crippen LogP contribution in [0.15, 0.2) is 64.2 Å². The maximum absolute atomic E-state index is 13.7. The second kappa shape index (κ2) is 10.9. The Morgan fingerprint density at radius 2 is 1.82 bits per heavy atom. The molecule has 194 valence electrons. The number of carbonyl (C=O) groups excluding carboxylic acids is 2. The van der Waals surface area contributed by atoms with Crippen molar-refractivity contribution in [2.45, 2.75) is 30.0 Å². The molecule has 1 aliphatic rings. The van der Waals surface area contributed by atoms with E-state index in [9.17, 15) is 14.7 Å². The van der Waals surface area contributed by atoms with E-state index in [-0.39, 0.29) is 10.7 Å². The second-order valence-electron chi connectivity index (χ2n) is 8.36. The van der Waals surface area contributed by atoms with Gasteiger partial charge < -0.3 is 9.84 Å². The SMILES string of the molecule is COc1ccc(C2C(C(=O)c3sc(C)nc3C)=C(O)C(=O)N2c2nnc(SCc3ccc(Cl)cc3)s2)cc1. The lowest BCUT2D eigenvalue weighted by molar-refractivity contribution is -0.117. The zero-order valence-electron chi connectivity index (χ0n) is 20.5. The van der Waals surface area contributed by atoms with Crippen molar-refractivity contribution in [3.63, 3.8) is 0 Å². The van der Waals surface area contributed by atoms with Gasteiger partial charge in [0.25, 0.3) is 5.91 Å². The normalized spacial score (nSPS) is 15.4. The van der Waals surface area contributed by atoms with Crippen molar-refractivity contribution in [1.29, 1.82) is 0 Å². The highest BCUT2D eigenvalue weighted by atomic mass is 35.5. The van der Waals surface area contributed by atoms with Gasteiger partial charge in [0.15, 0.2) is 10.1 Å². The summed E-state index contributed by atoms with van der Waals surface area (Å²) in [5.41, 5.74) is 2.22. The first-order valence-corrected chi connectivity index (χ1v) is 14.4. The molecule has 8 nitrogen and oxygen atoms in total. The zero-order chi connectivity index (χ0) is 27.0. The minimum Gasteiger partial charge on any atom is -0.503 e. The number of nitrogens with zero attached hydrogens (tertiary/aromatic N) is 4. The second-order valence-corrected chi connectivity index (χ2v) is 12.2. The number of thioether (sulfide) groups is 1. The summed E-state index contributed by atoms with van der Waals surface area (Å²) in [5, 5.41) is 21.2. The lowest BCUT2D eigenvalue weighted by Crippen LogP contribution is -2.31. The lowest BCUT2D eigenvalue weighted by atomic mass is 9.95. The third-order valence-corrected chi connectivity index (χ3v) is 9.32. The minimum atomic E-state index is -0.898. The maximum atomic E-state index is 13.7. The molecule has 2 aromatic carbocycles. The molecule has 1 amide bonds. The largest absolute Gasteiger partial charge is 0.503 e. The summed E-state index contributed by atoms with van der Waals surface area (Å²) in [5.74, 6) is -0.496. The van der Waals surface area contributed by atoms with Crippen LogP contribution in [0.25, 0.3) is 0 Å². The first-order chi connectivity index (χ1) is 18.3. The molecule has 0 saturated heterocycles. The number of hydrogen-bond donors (Lipinski definition) is 1. The number of anilines is 1. The van der Waals surface area contributed by atoms with Crippen LogP contribution >= 0.6 is 46.0 Å². The molecular weight excluding hydrogens is 564 g/mol. The number of ketones is 1. The number of amides is 1. The Labute approximate surface area is 236 Å². The zero-order valence-corrected chi connectivity index (χ0v) is 23.7. The Morgan fingerprint density at radius 1 is 1.11 bits per heavy atom. The van der Waals surface area contributed by atoms with Crippen LogP contribution in [0.1, 0.15) is 37.5 Å². The van der Waals surface area contributed by atoms with Gasteiger partial charge in [-0.3, -0.25) is 14.5 Å². The number of benzene rings is 2. The fourth-order valence-corrected chi connectivity index (χ4v) is 6.91. The van der Waals surface area contributed by atoms with Gasteiger partial charge in [0.05, 0.1) is 34.3 Å². The number of aryl methyl sites for hydroxylation is 2. The van der Waals surface area contributed by atoms with Gasteiger partial charge in [-0.2, -0.15) is 0 Å². The Morgan fingerprint density at radius 3 is 2.45 bits per heavy atom. The number of hydrogen-bond acceptors (Lipinski definition) is 10. The van der Waals surface area contributed by atoms with Crippen molar-refractivity contribution in [3.05, 3.63) is 91.6 Å². The standard InChI is InChI=1S/C26H21ClN4O4S3/c1-13-23(37-14(2)28-13)21(32)19-20(16-6-10-18(35-3)11-7-16)31(24(34)22(19)33)25-29-30-26(38-25)36-12-15-4-8-17(27)9-5-15/h4-11,20,33H,12H2,1-3H3. The number of aliphatic hydroxyl groups is 1. The molecule has 1 atom stereocenters. The summed E-state index contributed by atoms with van der Waals surface area (Å²) in [6, 6.07) is 13.6. The Bertz CT molecular complexity index is 1550. The Hall–Kier alpha value is -3.25. The van der Waals surface area contributed by atoms with Crippen LogP contribution in [0.3, 0.4) is 0 Å². The summed E-state index contributed by atoms with van der Waals surface area (Å²) in [7, 11) is 1.56. The van der Waals surface area contributed by atoms with Gasteiger partial charge in [-0.25, -0.2) is 4.98 Å². The van der Waals surface area contributed by atoms with E-state index in [4.69, 9.17) is 16.3 Å². The van der Waals surface area contributed by atoms with E-state index < -0.39 is 23.5 Å². The number of aromatic nitrogens is 3. The molecular formula is C26H21ClN4O4S3. The summed E-state index contributed by atoms with van der Waals surface area (Å²) in [4.78, 5) is 33.2. The molecule has 0 bridgehead atoms. The number of ether oxygens (including phenoxy) is 1. The molecule has 0 fully saturated rings. The van der Waals surface area contributed by atoms with Crippen LogP contribution in [0.5, 0.6) is 5.75 Å². The molecule has 0 radical (unpaired) electrons. The number of carbonyl (C=O) groups is 2. The first kappa shape index (κ1) is 26.4. The molecule has 0 aliphatic carbocycles. The van der Waals surface area contributed by atoms with E-state index in [2.05, 4.69) is 15.2 Å². The predicted octanol–water partition coefficient (Wildman–Crippen LogP) is 6.35. The number of rotatable bonds is 8. The molecule has 3 heterocycles. The van der Waals surface area contributed by atoms with E-state index in [0.717, 1.165) is 10.6 Å². The van der Waals surface area contributed by atoms with Crippen molar-refractivity contribution in [2.75, 3.05) is 12.0 Å². The van der Waals surface area contributed by atoms with Crippen molar-refractivity contribution < 1.29 is 19.4 Å². The quantitative estimate of drug-likeness (QED) is 0.145. The molecule has 1 aliphatic heterocycles. The van der Waals surface area contributed by atoms with Crippen LogP contribution in [0.2, 0.25) is 5.02 Å². The number of halogens is 1. The molecule has 0 saturated carbocycles. The van der Waals surface area contributed by atoms with Gasteiger partial charge in [0, 0.05) is 10.8 Å². The van der Waals surface area contributed by atoms with Gasteiger partial charge >= 0.3 is 0 Å². The third-order valence-electron chi connectivity index (χ3n) is 5.87. The number of methoxy groups -OCH3 is 1. The smallest absolute Gasteiger partial charge is 0.296 e. The van der Waals surface area contributed by atoms with Gasteiger partial charge in [0.2, 0.25) is 10.9 Å². The highest BCUT2D eigenvalue weighted by Crippen LogP contribution is 2.44. The van der Waals surface area contributed by atoms with Crippen molar-refractivity contribution in [1.82, 2.24) is 15.2 Å². The van der Waals surface area contributed by atoms with Gasteiger partial charge in [-0.05, 0) is 49.2 Å².